The zero-order valence-corrected chi connectivity index (χ0v) is 27.7. The molecule has 1 aliphatic rings. The van der Waals surface area contributed by atoms with Crippen LogP contribution >= 0.6 is 43.2 Å². The average molecular weight is 735 g/mol. The lowest BCUT2D eigenvalue weighted by Gasteiger charge is -2.26. The van der Waals surface area contributed by atoms with Crippen LogP contribution in [0.2, 0.25) is 0 Å². The van der Waals surface area contributed by atoms with E-state index in [4.69, 9.17) is 18.9 Å². The monoisotopic (exact) mass is 733 g/mol. The van der Waals surface area contributed by atoms with Crippen molar-refractivity contribution in [1.29, 1.82) is 0 Å². The normalized spacial score (nSPS) is 14.7. The van der Waals surface area contributed by atoms with E-state index in [1.54, 1.807) is 56.1 Å². The minimum atomic E-state index is -0.817. The molecule has 3 heterocycles. The van der Waals surface area contributed by atoms with E-state index in [-0.39, 0.29) is 11.5 Å². The number of nitrogens with one attached hydrogen (secondary N) is 1. The number of aromatic nitrogens is 1. The van der Waals surface area contributed by atoms with Gasteiger partial charge in [0.2, 0.25) is 0 Å². The topological polar surface area (TPSA) is 95.1 Å². The van der Waals surface area contributed by atoms with Crippen LogP contribution in [0, 0.1) is 0 Å². The van der Waals surface area contributed by atoms with Gasteiger partial charge in [0.1, 0.15) is 29.1 Å². The van der Waals surface area contributed by atoms with Gasteiger partial charge in [-0.25, -0.2) is 4.99 Å². The highest BCUT2D eigenvalue weighted by Crippen LogP contribution is 2.38. The zero-order valence-electron chi connectivity index (χ0n) is 23.8. The second kappa shape index (κ2) is 12.4. The molecule has 222 valence electrons. The molecule has 0 spiro atoms. The molecule has 0 bridgehead atoms. The summed E-state index contributed by atoms with van der Waals surface area (Å²) in [5.74, 6) is 1.84. The molecule has 0 aliphatic carbocycles. The Hall–Kier alpha value is -4.19. The van der Waals surface area contributed by atoms with Crippen LogP contribution in [0.4, 0.5) is 5.69 Å². The maximum Gasteiger partial charge on any atom is 0.271 e. The van der Waals surface area contributed by atoms with Gasteiger partial charge in [-0.1, -0.05) is 61.4 Å². The molecule has 2 aromatic heterocycles. The average Bonchev–Trinajstić information content (AvgIpc) is 3.61. The highest BCUT2D eigenvalue weighted by atomic mass is 79.9. The Kier molecular flexibility index (Phi) is 8.44. The van der Waals surface area contributed by atoms with E-state index < -0.39 is 6.04 Å². The number of carbonyl (C=O) groups excluding carboxylic acids is 1. The zero-order chi connectivity index (χ0) is 31.0. The first kappa shape index (κ1) is 29.9. The van der Waals surface area contributed by atoms with Crippen LogP contribution in [-0.2, 0) is 4.79 Å². The van der Waals surface area contributed by atoms with Crippen molar-refractivity contribution in [3.63, 3.8) is 0 Å². The number of anilines is 1. The summed E-state index contributed by atoms with van der Waals surface area (Å²) < 4.78 is 21.0. The van der Waals surface area contributed by atoms with Gasteiger partial charge < -0.3 is 19.2 Å². The summed E-state index contributed by atoms with van der Waals surface area (Å²) >= 11 is 8.31. The third kappa shape index (κ3) is 5.70. The Morgan fingerprint density at radius 3 is 2.57 bits per heavy atom. The first-order chi connectivity index (χ1) is 21.3. The largest absolute Gasteiger partial charge is 0.497 e. The molecule has 1 atom stereocenters. The van der Waals surface area contributed by atoms with Gasteiger partial charge in [-0.05, 0) is 61.5 Å². The second-order valence-corrected chi connectivity index (χ2v) is 12.6. The maximum atomic E-state index is 14.1. The molecule has 0 radical (unpaired) electrons. The number of carbonyl (C=O) groups is 1. The molecule has 1 N–H and O–H groups in total. The van der Waals surface area contributed by atoms with Crippen molar-refractivity contribution in [2.24, 2.45) is 4.99 Å². The molecule has 0 saturated carbocycles. The van der Waals surface area contributed by atoms with E-state index in [1.807, 2.05) is 54.6 Å². The van der Waals surface area contributed by atoms with Crippen LogP contribution in [0.1, 0.15) is 24.3 Å². The van der Waals surface area contributed by atoms with E-state index in [0.29, 0.717) is 54.9 Å². The Morgan fingerprint density at radius 1 is 1.02 bits per heavy atom. The first-order valence-electron chi connectivity index (χ1n) is 13.4. The van der Waals surface area contributed by atoms with Crippen molar-refractivity contribution < 1.29 is 18.7 Å². The van der Waals surface area contributed by atoms with Crippen molar-refractivity contribution in [3.05, 3.63) is 130 Å². The number of furan rings is 1. The summed E-state index contributed by atoms with van der Waals surface area (Å²) in [6.45, 7) is 1.77. The molecule has 6 rings (SSSR count). The summed E-state index contributed by atoms with van der Waals surface area (Å²) in [5.41, 5.74) is 2.63. The van der Waals surface area contributed by atoms with Gasteiger partial charge in [-0.3, -0.25) is 14.2 Å². The second-order valence-electron chi connectivity index (χ2n) is 9.84. The third-order valence-corrected chi connectivity index (χ3v) is 9.29. The Labute approximate surface area is 273 Å². The van der Waals surface area contributed by atoms with E-state index in [2.05, 4.69) is 37.2 Å². The summed E-state index contributed by atoms with van der Waals surface area (Å²) in [6, 6.07) is 23.1. The number of para-hydroxylation sites is 1. The molecule has 44 heavy (non-hydrogen) atoms. The van der Waals surface area contributed by atoms with Crippen molar-refractivity contribution in [2.45, 2.75) is 13.0 Å². The molecule has 5 aromatic rings. The number of allylic oxidation sites excluding steroid dienone is 1. The van der Waals surface area contributed by atoms with Crippen molar-refractivity contribution >= 4 is 60.9 Å². The molecule has 8 nitrogen and oxygen atoms in total. The fraction of sp³-hybridized carbons (Fsp3) is 0.121. The summed E-state index contributed by atoms with van der Waals surface area (Å²) in [4.78, 5) is 33.2. The number of halogens is 2. The first-order valence-corrected chi connectivity index (χ1v) is 15.8. The van der Waals surface area contributed by atoms with Crippen molar-refractivity contribution in [3.8, 4) is 22.8 Å². The lowest BCUT2D eigenvalue weighted by Crippen LogP contribution is -2.40. The van der Waals surface area contributed by atoms with Crippen LogP contribution in [0.15, 0.2) is 113 Å². The predicted octanol–water partition coefficient (Wildman–Crippen LogP) is 6.68. The molecule has 3 aromatic carbocycles. The minimum Gasteiger partial charge on any atom is -0.497 e. The quantitative estimate of drug-likeness (QED) is 0.202. The Bertz CT molecular complexity index is 2110. The van der Waals surface area contributed by atoms with Gasteiger partial charge in [0.05, 0.1) is 30.0 Å². The van der Waals surface area contributed by atoms with Crippen LogP contribution in [0.25, 0.3) is 17.4 Å². The van der Waals surface area contributed by atoms with Crippen LogP contribution in [0.3, 0.4) is 0 Å². The SMILES string of the molecule is COc1ccc([C@@H]2C(C(=O)Nc3ccccc3)=C(C)N=c3s/c(=C/c4ccc(-c5cc(Br)ccc5Br)o4)c(=O)n32)c(OC)c1. The lowest BCUT2D eigenvalue weighted by atomic mass is 9.94. The lowest BCUT2D eigenvalue weighted by molar-refractivity contribution is -0.113. The van der Waals surface area contributed by atoms with Crippen LogP contribution in [0.5, 0.6) is 11.5 Å². The van der Waals surface area contributed by atoms with Crippen LogP contribution in [-0.4, -0.2) is 24.7 Å². The number of amides is 1. The highest BCUT2D eigenvalue weighted by molar-refractivity contribution is 9.11. The van der Waals surface area contributed by atoms with Crippen LogP contribution < -0.4 is 29.7 Å². The van der Waals surface area contributed by atoms with Gasteiger partial charge in [0, 0.05) is 37.9 Å². The smallest absolute Gasteiger partial charge is 0.271 e. The van der Waals surface area contributed by atoms with E-state index in [0.717, 1.165) is 14.5 Å². The number of thiazole rings is 1. The van der Waals surface area contributed by atoms with Gasteiger partial charge in [0.25, 0.3) is 11.5 Å². The fourth-order valence-electron chi connectivity index (χ4n) is 5.06. The summed E-state index contributed by atoms with van der Waals surface area (Å²) in [6.07, 6.45) is 1.70. The number of rotatable bonds is 7. The van der Waals surface area contributed by atoms with Gasteiger partial charge in [0.15, 0.2) is 4.80 Å². The molecule has 11 heteroatoms. The number of ether oxygens (including phenoxy) is 2. The van der Waals surface area contributed by atoms with Gasteiger partial charge in [-0.2, -0.15) is 0 Å². The summed E-state index contributed by atoms with van der Waals surface area (Å²) in [5, 5.41) is 2.96. The predicted molar refractivity (Wildman–Crippen MR) is 178 cm³/mol. The van der Waals surface area contributed by atoms with E-state index in [9.17, 15) is 9.59 Å². The minimum absolute atomic E-state index is 0.310. The van der Waals surface area contributed by atoms with E-state index >= 15 is 0 Å². The third-order valence-electron chi connectivity index (χ3n) is 7.13. The molecular formula is C33H25Br2N3O5S. The molecule has 0 unspecified atom stereocenters. The number of hydrogen-bond acceptors (Lipinski definition) is 7. The number of benzene rings is 3. The molecule has 0 fully saturated rings. The van der Waals surface area contributed by atoms with Gasteiger partial charge in [-0.15, -0.1) is 0 Å². The Morgan fingerprint density at radius 2 is 1.82 bits per heavy atom. The highest BCUT2D eigenvalue weighted by Gasteiger charge is 2.34. The fourth-order valence-corrected chi connectivity index (χ4v) is 6.89. The molecule has 1 amide bonds. The van der Waals surface area contributed by atoms with Crippen molar-refractivity contribution in [2.75, 3.05) is 19.5 Å². The maximum absolute atomic E-state index is 14.1. The molecular weight excluding hydrogens is 710 g/mol. The standard InChI is InChI=1S/C33H25Br2N3O5S/c1-18-29(31(39)37-20-7-5-4-6-8-20)30(23-12-10-21(41-2)16-27(23)42-3)38-32(40)28(44-33(38)36-18)17-22-11-14-26(43-22)24-15-19(34)9-13-25(24)35/h4-17,30H,1-3H3,(H,37,39)/b28-17+/t30-/m1/s1. The molecule has 0 saturated heterocycles. The molecule has 1 aliphatic heterocycles. The number of methoxy groups -OCH3 is 2. The Balaban J connectivity index is 1.49. The summed E-state index contributed by atoms with van der Waals surface area (Å²) in [7, 11) is 3.11. The number of hydrogen-bond donors (Lipinski definition) is 1. The number of nitrogens with zero attached hydrogens (tertiary/aromatic N) is 2. The van der Waals surface area contributed by atoms with Crippen molar-refractivity contribution in [1.82, 2.24) is 4.57 Å². The number of fused-ring (bicyclic) bond motifs is 1. The van der Waals surface area contributed by atoms with Gasteiger partial charge >= 0.3 is 0 Å². The van der Waals surface area contributed by atoms with E-state index in [1.165, 1.54) is 11.3 Å².